The summed E-state index contributed by atoms with van der Waals surface area (Å²) in [5.74, 6) is 0.122. The fourth-order valence-electron chi connectivity index (χ4n) is 1.48. The van der Waals surface area contributed by atoms with Crippen LogP contribution >= 0.6 is 11.6 Å². The van der Waals surface area contributed by atoms with Crippen LogP contribution in [0.3, 0.4) is 0 Å². The third-order valence-corrected chi connectivity index (χ3v) is 2.57. The van der Waals surface area contributed by atoms with E-state index in [4.69, 9.17) is 17.3 Å². The third-order valence-electron chi connectivity index (χ3n) is 2.28. The number of nitrogens with two attached hydrogens (primary N) is 1. The number of rotatable bonds is 0. The molecule has 86 valence electrons. The lowest BCUT2D eigenvalue weighted by atomic mass is 10.2. The minimum absolute atomic E-state index is 0.0171. The molecule has 0 aliphatic rings. The molecule has 0 aliphatic heterocycles. The number of nitrogens with zero attached hydrogens (tertiary/aromatic N) is 2. The minimum atomic E-state index is -4.44. The molecule has 1 aromatic heterocycles. The van der Waals surface area contributed by atoms with Crippen molar-refractivity contribution in [3.05, 3.63) is 22.7 Å². The van der Waals surface area contributed by atoms with Crippen LogP contribution in [0, 0.1) is 0 Å². The minimum Gasteiger partial charge on any atom is -0.369 e. The number of nitrogen functional groups attached to an aromatic ring is 1. The molecule has 0 atom stereocenters. The summed E-state index contributed by atoms with van der Waals surface area (Å²) in [6, 6.07) is 1.79. The Hall–Kier alpha value is -1.43. The van der Waals surface area contributed by atoms with Gasteiger partial charge in [-0.1, -0.05) is 11.6 Å². The molecule has 0 fully saturated rings. The molecule has 2 N–H and O–H groups in total. The fraction of sp³-hybridized carbons (Fsp3) is 0.222. The highest BCUT2D eigenvalue weighted by Gasteiger charge is 2.32. The molecule has 0 bridgehead atoms. The molecule has 3 nitrogen and oxygen atoms in total. The van der Waals surface area contributed by atoms with Crippen LogP contribution in [0.15, 0.2) is 12.1 Å². The second-order valence-electron chi connectivity index (χ2n) is 3.35. The summed E-state index contributed by atoms with van der Waals surface area (Å²) >= 11 is 5.77. The van der Waals surface area contributed by atoms with Crippen LogP contribution in [-0.4, -0.2) is 9.55 Å². The zero-order chi connectivity index (χ0) is 12.1. The number of alkyl halides is 3. The molecule has 0 radical (unpaired) electrons. The quantitative estimate of drug-likeness (QED) is 0.780. The van der Waals surface area contributed by atoms with Crippen molar-refractivity contribution < 1.29 is 13.2 Å². The van der Waals surface area contributed by atoms with Crippen molar-refractivity contribution in [1.29, 1.82) is 0 Å². The predicted molar refractivity (Wildman–Crippen MR) is 55.1 cm³/mol. The van der Waals surface area contributed by atoms with E-state index < -0.39 is 11.7 Å². The zero-order valence-corrected chi connectivity index (χ0v) is 8.89. The van der Waals surface area contributed by atoms with Gasteiger partial charge in [0, 0.05) is 7.05 Å². The molecule has 0 saturated carbocycles. The van der Waals surface area contributed by atoms with Gasteiger partial charge in [0.15, 0.2) is 0 Å². The average Bonchev–Trinajstić information content (AvgIpc) is 2.41. The summed E-state index contributed by atoms with van der Waals surface area (Å²) in [5.41, 5.74) is 5.20. The van der Waals surface area contributed by atoms with Gasteiger partial charge in [-0.2, -0.15) is 13.2 Å². The van der Waals surface area contributed by atoms with Gasteiger partial charge in [0.2, 0.25) is 5.95 Å². The van der Waals surface area contributed by atoms with Gasteiger partial charge in [-0.3, -0.25) is 0 Å². The number of imidazole rings is 1. The monoisotopic (exact) mass is 249 g/mol. The van der Waals surface area contributed by atoms with E-state index in [1.165, 1.54) is 4.57 Å². The molecule has 0 amide bonds. The molecule has 0 saturated heterocycles. The lowest BCUT2D eigenvalue weighted by molar-refractivity contribution is -0.137. The molecule has 16 heavy (non-hydrogen) atoms. The highest BCUT2D eigenvalue weighted by Crippen LogP contribution is 2.35. The Morgan fingerprint density at radius 1 is 1.38 bits per heavy atom. The maximum atomic E-state index is 12.5. The molecule has 1 aromatic carbocycles. The zero-order valence-electron chi connectivity index (χ0n) is 8.14. The van der Waals surface area contributed by atoms with Crippen LogP contribution in [-0.2, 0) is 13.2 Å². The normalized spacial score (nSPS) is 12.3. The molecular formula is C9H7ClF3N3. The van der Waals surface area contributed by atoms with Crippen LogP contribution in [0.1, 0.15) is 5.56 Å². The van der Waals surface area contributed by atoms with Gasteiger partial charge in [0.1, 0.15) is 0 Å². The van der Waals surface area contributed by atoms with Crippen LogP contribution in [0.25, 0.3) is 11.0 Å². The van der Waals surface area contributed by atoms with Crippen LogP contribution < -0.4 is 5.73 Å². The first-order chi connectivity index (χ1) is 7.30. The average molecular weight is 250 g/mol. The van der Waals surface area contributed by atoms with Gasteiger partial charge < -0.3 is 10.3 Å². The fourth-order valence-corrected chi connectivity index (χ4v) is 1.82. The summed E-state index contributed by atoms with van der Waals surface area (Å²) in [4.78, 5) is 3.80. The predicted octanol–water partition coefficient (Wildman–Crippen LogP) is 2.83. The van der Waals surface area contributed by atoms with Crippen LogP contribution in [0.2, 0.25) is 5.02 Å². The van der Waals surface area contributed by atoms with Gasteiger partial charge in [-0.15, -0.1) is 0 Å². The molecular weight excluding hydrogens is 243 g/mol. The first-order valence-electron chi connectivity index (χ1n) is 4.29. The Kier molecular flexibility index (Phi) is 2.27. The number of fused-ring (bicyclic) bond motifs is 1. The molecule has 2 rings (SSSR count). The Bertz CT molecular complexity index is 559. The highest BCUT2D eigenvalue weighted by molar-refractivity contribution is 6.35. The number of aromatic nitrogens is 2. The number of halogens is 4. The molecule has 0 aliphatic carbocycles. The van der Waals surface area contributed by atoms with Crippen LogP contribution in [0.5, 0.6) is 0 Å². The molecule has 0 spiro atoms. The van der Waals surface area contributed by atoms with Gasteiger partial charge in [-0.05, 0) is 12.1 Å². The van der Waals surface area contributed by atoms with E-state index in [2.05, 4.69) is 4.98 Å². The third kappa shape index (κ3) is 1.59. The van der Waals surface area contributed by atoms with E-state index in [9.17, 15) is 13.2 Å². The van der Waals surface area contributed by atoms with Gasteiger partial charge >= 0.3 is 6.18 Å². The second kappa shape index (κ2) is 3.28. The van der Waals surface area contributed by atoms with E-state index in [0.717, 1.165) is 12.1 Å². The van der Waals surface area contributed by atoms with Gasteiger partial charge in [0.05, 0.1) is 21.6 Å². The van der Waals surface area contributed by atoms with Gasteiger partial charge in [-0.25, -0.2) is 4.98 Å². The topological polar surface area (TPSA) is 43.8 Å². The largest absolute Gasteiger partial charge is 0.416 e. The van der Waals surface area contributed by atoms with Crippen molar-refractivity contribution >= 4 is 28.6 Å². The Balaban J connectivity index is 2.79. The summed E-state index contributed by atoms with van der Waals surface area (Å²) in [6.07, 6.45) is -4.44. The van der Waals surface area contributed by atoms with E-state index in [1.54, 1.807) is 7.05 Å². The summed E-state index contributed by atoms with van der Waals surface area (Å²) in [5, 5.41) is -0.0171. The first kappa shape index (κ1) is 11.1. The van der Waals surface area contributed by atoms with Crippen molar-refractivity contribution in [3.63, 3.8) is 0 Å². The number of anilines is 1. The SMILES string of the molecule is Cn1c(N)nc2cc(C(F)(F)F)cc(Cl)c21. The maximum Gasteiger partial charge on any atom is 0.416 e. The summed E-state index contributed by atoms with van der Waals surface area (Å²) in [7, 11) is 1.59. The van der Waals surface area contributed by atoms with E-state index >= 15 is 0 Å². The lowest BCUT2D eigenvalue weighted by Crippen LogP contribution is -2.04. The Morgan fingerprint density at radius 3 is 2.56 bits per heavy atom. The Labute approximate surface area is 93.6 Å². The molecule has 7 heteroatoms. The second-order valence-corrected chi connectivity index (χ2v) is 3.76. The van der Waals surface area contributed by atoms with E-state index in [-0.39, 0.29) is 16.5 Å². The van der Waals surface area contributed by atoms with Gasteiger partial charge in [0.25, 0.3) is 0 Å². The van der Waals surface area contributed by atoms with E-state index in [1.807, 2.05) is 0 Å². The van der Waals surface area contributed by atoms with Crippen molar-refractivity contribution in [2.45, 2.75) is 6.18 Å². The van der Waals surface area contributed by atoms with Crippen molar-refractivity contribution in [1.82, 2.24) is 9.55 Å². The summed E-state index contributed by atoms with van der Waals surface area (Å²) < 4.78 is 38.9. The first-order valence-corrected chi connectivity index (χ1v) is 4.67. The summed E-state index contributed by atoms with van der Waals surface area (Å²) in [6.45, 7) is 0. The number of hydrogen-bond donors (Lipinski definition) is 1. The Morgan fingerprint density at radius 2 is 2.00 bits per heavy atom. The molecule has 2 aromatic rings. The number of hydrogen-bond acceptors (Lipinski definition) is 2. The van der Waals surface area contributed by atoms with Crippen molar-refractivity contribution in [3.8, 4) is 0 Å². The number of benzene rings is 1. The van der Waals surface area contributed by atoms with Crippen LogP contribution in [0.4, 0.5) is 19.1 Å². The molecule has 0 unspecified atom stereocenters. The highest BCUT2D eigenvalue weighted by atomic mass is 35.5. The lowest BCUT2D eigenvalue weighted by Gasteiger charge is -2.07. The standard InChI is InChI=1S/C9H7ClF3N3/c1-16-7-5(10)2-4(9(11,12)13)3-6(7)15-8(16)14/h2-3H,1H3,(H2,14,15). The van der Waals surface area contributed by atoms with Crippen molar-refractivity contribution in [2.75, 3.05) is 5.73 Å². The van der Waals surface area contributed by atoms with E-state index in [0.29, 0.717) is 5.52 Å². The smallest absolute Gasteiger partial charge is 0.369 e. The number of aryl methyl sites for hydroxylation is 1. The maximum absolute atomic E-state index is 12.5. The van der Waals surface area contributed by atoms with Crippen molar-refractivity contribution in [2.24, 2.45) is 7.05 Å². The molecule has 1 heterocycles.